The third kappa shape index (κ3) is 4.15. The van der Waals surface area contributed by atoms with E-state index in [0.29, 0.717) is 17.1 Å². The van der Waals surface area contributed by atoms with Gasteiger partial charge in [-0.2, -0.15) is 0 Å². The zero-order chi connectivity index (χ0) is 21.3. The van der Waals surface area contributed by atoms with E-state index in [-0.39, 0.29) is 11.3 Å². The molecule has 0 bridgehead atoms. The van der Waals surface area contributed by atoms with Gasteiger partial charge in [-0.1, -0.05) is 24.3 Å². The first-order chi connectivity index (χ1) is 14.3. The molecule has 0 spiro atoms. The molecule has 9 heteroatoms. The first-order valence-corrected chi connectivity index (χ1v) is 10.8. The summed E-state index contributed by atoms with van der Waals surface area (Å²) in [6.45, 7) is 0. The molecule has 0 aliphatic rings. The lowest BCUT2D eigenvalue weighted by atomic mass is 10.1. The number of fused-ring (bicyclic) bond motifs is 1. The summed E-state index contributed by atoms with van der Waals surface area (Å²) in [7, 11) is -3.69. The van der Waals surface area contributed by atoms with Crippen molar-refractivity contribution in [2.24, 2.45) is 0 Å². The Morgan fingerprint density at radius 2 is 1.73 bits per heavy atom. The first-order valence-electron chi connectivity index (χ1n) is 8.93. The number of sulfonamides is 1. The summed E-state index contributed by atoms with van der Waals surface area (Å²) in [4.78, 5) is 20.5. The Morgan fingerprint density at radius 3 is 2.50 bits per heavy atom. The van der Waals surface area contributed by atoms with Crippen LogP contribution in [0.1, 0.15) is 10.4 Å². The van der Waals surface area contributed by atoms with Crippen molar-refractivity contribution in [3.63, 3.8) is 0 Å². The molecule has 30 heavy (non-hydrogen) atoms. The van der Waals surface area contributed by atoms with Crippen LogP contribution in [0.5, 0.6) is 0 Å². The number of amides is 1. The SMILES string of the molecule is CS(=O)(=O)Nc1cc(C(=O)Nc2ccccc2-c2nc3ccccc3[nH]2)ccc1F. The van der Waals surface area contributed by atoms with E-state index in [1.165, 1.54) is 6.07 Å². The van der Waals surface area contributed by atoms with Gasteiger partial charge in [0.2, 0.25) is 10.0 Å². The molecule has 0 aliphatic carbocycles. The lowest BCUT2D eigenvalue weighted by Crippen LogP contribution is -2.15. The molecule has 0 saturated heterocycles. The number of hydrogen-bond acceptors (Lipinski definition) is 4. The molecule has 1 amide bonds. The number of aromatic nitrogens is 2. The number of hydrogen-bond donors (Lipinski definition) is 3. The number of rotatable bonds is 5. The fraction of sp³-hybridized carbons (Fsp3) is 0.0476. The highest BCUT2D eigenvalue weighted by atomic mass is 32.2. The van der Waals surface area contributed by atoms with E-state index >= 15 is 0 Å². The van der Waals surface area contributed by atoms with Crippen LogP contribution < -0.4 is 10.0 Å². The van der Waals surface area contributed by atoms with Crippen molar-refractivity contribution < 1.29 is 17.6 Å². The average molecular weight is 424 g/mol. The number of H-pyrrole nitrogens is 1. The van der Waals surface area contributed by atoms with Gasteiger partial charge in [-0.15, -0.1) is 0 Å². The molecule has 0 atom stereocenters. The van der Waals surface area contributed by atoms with E-state index < -0.39 is 21.7 Å². The summed E-state index contributed by atoms with van der Waals surface area (Å²) in [5.41, 5.74) is 2.65. The Labute approximate surface area is 172 Å². The number of carbonyl (C=O) groups excluding carboxylic acids is 1. The number of imidazole rings is 1. The third-order valence-electron chi connectivity index (χ3n) is 4.34. The molecule has 1 heterocycles. The highest BCUT2D eigenvalue weighted by Gasteiger charge is 2.15. The fourth-order valence-corrected chi connectivity index (χ4v) is 3.57. The maximum Gasteiger partial charge on any atom is 0.255 e. The van der Waals surface area contributed by atoms with Crippen molar-refractivity contribution in [2.75, 3.05) is 16.3 Å². The van der Waals surface area contributed by atoms with Crippen LogP contribution in [-0.2, 0) is 10.0 Å². The second-order valence-electron chi connectivity index (χ2n) is 6.67. The van der Waals surface area contributed by atoms with Gasteiger partial charge in [0, 0.05) is 11.1 Å². The van der Waals surface area contributed by atoms with Crippen LogP contribution in [-0.4, -0.2) is 30.5 Å². The summed E-state index contributed by atoms with van der Waals surface area (Å²) in [5.74, 6) is -0.708. The van der Waals surface area contributed by atoms with Crippen LogP contribution in [0.15, 0.2) is 66.7 Å². The van der Waals surface area contributed by atoms with Gasteiger partial charge in [0.05, 0.1) is 28.7 Å². The second-order valence-corrected chi connectivity index (χ2v) is 8.42. The van der Waals surface area contributed by atoms with Crippen molar-refractivity contribution in [2.45, 2.75) is 0 Å². The molecule has 0 aliphatic heterocycles. The maximum atomic E-state index is 13.9. The Balaban J connectivity index is 1.65. The molecule has 4 rings (SSSR count). The summed E-state index contributed by atoms with van der Waals surface area (Å²) in [6.07, 6.45) is 0.906. The molecule has 0 saturated carbocycles. The second kappa shape index (κ2) is 7.60. The quantitative estimate of drug-likeness (QED) is 0.451. The van der Waals surface area contributed by atoms with Gasteiger partial charge in [0.1, 0.15) is 11.6 Å². The summed E-state index contributed by atoms with van der Waals surface area (Å²) in [6, 6.07) is 18.2. The molecule has 0 unspecified atom stereocenters. The summed E-state index contributed by atoms with van der Waals surface area (Å²) < 4.78 is 38.8. The van der Waals surface area contributed by atoms with Crippen molar-refractivity contribution >= 4 is 38.3 Å². The number of benzene rings is 3. The van der Waals surface area contributed by atoms with Crippen LogP contribution in [0.2, 0.25) is 0 Å². The number of carbonyl (C=O) groups is 1. The Hall–Kier alpha value is -3.72. The summed E-state index contributed by atoms with van der Waals surface area (Å²) in [5, 5.41) is 2.78. The largest absolute Gasteiger partial charge is 0.338 e. The van der Waals surface area contributed by atoms with Crippen LogP contribution in [0.25, 0.3) is 22.4 Å². The van der Waals surface area contributed by atoms with Crippen LogP contribution >= 0.6 is 0 Å². The molecule has 7 nitrogen and oxygen atoms in total. The van der Waals surface area contributed by atoms with Gasteiger partial charge in [-0.05, 0) is 42.5 Å². The predicted molar refractivity (Wildman–Crippen MR) is 114 cm³/mol. The number of nitrogens with one attached hydrogen (secondary N) is 3. The van der Waals surface area contributed by atoms with E-state index in [9.17, 15) is 17.6 Å². The molecule has 3 aromatic carbocycles. The van der Waals surface area contributed by atoms with Crippen molar-refractivity contribution in [1.29, 1.82) is 0 Å². The number of anilines is 2. The van der Waals surface area contributed by atoms with Crippen LogP contribution in [0.4, 0.5) is 15.8 Å². The molecule has 3 N–H and O–H groups in total. The molecule has 1 aromatic heterocycles. The third-order valence-corrected chi connectivity index (χ3v) is 4.93. The zero-order valence-corrected chi connectivity index (χ0v) is 16.6. The normalized spacial score (nSPS) is 11.4. The van der Waals surface area contributed by atoms with E-state index in [2.05, 4.69) is 20.0 Å². The average Bonchev–Trinajstić information content (AvgIpc) is 3.13. The molecular weight excluding hydrogens is 407 g/mol. The van der Waals surface area contributed by atoms with Gasteiger partial charge in [0.15, 0.2) is 0 Å². The van der Waals surface area contributed by atoms with Gasteiger partial charge in [0.25, 0.3) is 5.91 Å². The van der Waals surface area contributed by atoms with Gasteiger partial charge >= 0.3 is 0 Å². The van der Waals surface area contributed by atoms with Gasteiger partial charge < -0.3 is 10.3 Å². The summed E-state index contributed by atoms with van der Waals surface area (Å²) >= 11 is 0. The number of nitrogens with zero attached hydrogens (tertiary/aromatic N) is 1. The molecular formula is C21H17FN4O3S. The highest BCUT2D eigenvalue weighted by molar-refractivity contribution is 7.92. The molecule has 0 radical (unpaired) electrons. The lowest BCUT2D eigenvalue weighted by Gasteiger charge is -2.11. The molecule has 4 aromatic rings. The maximum absolute atomic E-state index is 13.9. The minimum Gasteiger partial charge on any atom is -0.338 e. The zero-order valence-electron chi connectivity index (χ0n) is 15.8. The van der Waals surface area contributed by atoms with Crippen molar-refractivity contribution in [1.82, 2.24) is 9.97 Å². The molecule has 152 valence electrons. The monoisotopic (exact) mass is 424 g/mol. The van der Waals surface area contributed by atoms with E-state index in [0.717, 1.165) is 29.4 Å². The minimum atomic E-state index is -3.69. The first kappa shape index (κ1) is 19.6. The predicted octanol–water partition coefficient (Wildman–Crippen LogP) is 3.99. The van der Waals surface area contributed by atoms with Crippen molar-refractivity contribution in [3.05, 3.63) is 78.1 Å². The fourth-order valence-electron chi connectivity index (χ4n) is 3.02. The van der Waals surface area contributed by atoms with Crippen LogP contribution in [0.3, 0.4) is 0 Å². The van der Waals surface area contributed by atoms with Crippen LogP contribution in [0, 0.1) is 5.82 Å². The van der Waals surface area contributed by atoms with E-state index in [1.807, 2.05) is 36.4 Å². The Bertz CT molecular complexity index is 1330. The molecule has 0 fully saturated rings. The van der Waals surface area contributed by atoms with Gasteiger partial charge in [-0.25, -0.2) is 17.8 Å². The van der Waals surface area contributed by atoms with E-state index in [4.69, 9.17) is 0 Å². The standard InChI is InChI=1S/C21H17FN4O3S/c1-30(28,29)26-19-12-13(10-11-15(19)22)21(27)25-16-7-3-2-6-14(16)20-23-17-8-4-5-9-18(17)24-20/h2-12,26H,1H3,(H,23,24)(H,25,27). The number of halogens is 1. The van der Waals surface area contributed by atoms with Crippen molar-refractivity contribution in [3.8, 4) is 11.4 Å². The van der Waals surface area contributed by atoms with E-state index in [1.54, 1.807) is 12.1 Å². The highest BCUT2D eigenvalue weighted by Crippen LogP contribution is 2.28. The lowest BCUT2D eigenvalue weighted by molar-refractivity contribution is 0.102. The minimum absolute atomic E-state index is 0.0990. The smallest absolute Gasteiger partial charge is 0.255 e. The Morgan fingerprint density at radius 1 is 1.00 bits per heavy atom. The topological polar surface area (TPSA) is 104 Å². The Kier molecular flexibility index (Phi) is 4.96. The van der Waals surface area contributed by atoms with Gasteiger partial charge in [-0.3, -0.25) is 9.52 Å². The number of aromatic amines is 1. The number of para-hydroxylation sites is 3.